The van der Waals surface area contributed by atoms with Crippen LogP contribution in [0.4, 0.5) is 0 Å². The third-order valence-electron chi connectivity index (χ3n) is 3.85. The second-order valence-corrected chi connectivity index (χ2v) is 6.17. The van der Waals surface area contributed by atoms with Crippen molar-refractivity contribution in [3.8, 4) is 0 Å². The van der Waals surface area contributed by atoms with E-state index in [9.17, 15) is 0 Å². The summed E-state index contributed by atoms with van der Waals surface area (Å²) in [6.07, 6.45) is 4.83. The maximum absolute atomic E-state index is 5.29. The molecule has 1 saturated carbocycles. The predicted octanol–water partition coefficient (Wildman–Crippen LogP) is 2.06. The van der Waals surface area contributed by atoms with Crippen molar-refractivity contribution >= 4 is 34.7 Å². The molecule has 0 saturated heterocycles. The molecule has 1 aliphatic rings. The molecule has 0 aromatic heterocycles. The van der Waals surface area contributed by atoms with E-state index in [1.54, 1.807) is 0 Å². The number of thiocarbonyl (C=S) groups is 2. The lowest BCUT2D eigenvalue weighted by atomic mass is 9.78. The first-order valence-corrected chi connectivity index (χ1v) is 7.96. The molecule has 4 N–H and O–H groups in total. The lowest BCUT2D eigenvalue weighted by Crippen LogP contribution is -2.54. The van der Waals surface area contributed by atoms with Gasteiger partial charge >= 0.3 is 0 Å². The van der Waals surface area contributed by atoms with Crippen LogP contribution >= 0.6 is 24.4 Å². The smallest absolute Gasteiger partial charge is 0.185 e. The normalized spacial score (nSPS) is 26.4. The van der Waals surface area contributed by atoms with E-state index in [0.29, 0.717) is 22.2 Å². The summed E-state index contributed by atoms with van der Waals surface area (Å²) in [5, 5.41) is 7.66. The van der Waals surface area contributed by atoms with E-state index in [4.69, 9.17) is 24.4 Å². The summed E-state index contributed by atoms with van der Waals surface area (Å²) in [4.78, 5) is 0. The third kappa shape index (κ3) is 5.91. The Hall–Kier alpha value is -0.620. The van der Waals surface area contributed by atoms with E-state index in [1.807, 2.05) is 0 Å². The van der Waals surface area contributed by atoms with Gasteiger partial charge in [0.15, 0.2) is 10.2 Å². The van der Waals surface area contributed by atoms with Crippen LogP contribution < -0.4 is 21.5 Å². The monoisotopic (exact) mass is 302 g/mol. The van der Waals surface area contributed by atoms with Crippen molar-refractivity contribution in [2.24, 2.45) is 11.8 Å². The van der Waals surface area contributed by atoms with E-state index in [-0.39, 0.29) is 0 Å². The van der Waals surface area contributed by atoms with Crippen molar-refractivity contribution in [2.45, 2.75) is 52.5 Å². The Kier molecular flexibility index (Phi) is 7.38. The van der Waals surface area contributed by atoms with Crippen molar-refractivity contribution < 1.29 is 0 Å². The van der Waals surface area contributed by atoms with Gasteiger partial charge in [-0.05, 0) is 49.1 Å². The maximum atomic E-state index is 5.29. The molecule has 0 aromatic carbocycles. The fraction of sp³-hybridized carbons (Fsp3) is 0.846. The molecule has 0 spiro atoms. The zero-order valence-corrected chi connectivity index (χ0v) is 13.7. The molecule has 0 unspecified atom stereocenters. The molecule has 4 nitrogen and oxygen atoms in total. The second kappa shape index (κ2) is 8.53. The van der Waals surface area contributed by atoms with Crippen molar-refractivity contribution in [1.29, 1.82) is 0 Å². The molecule has 1 rings (SSSR count). The summed E-state index contributed by atoms with van der Waals surface area (Å²) in [5.41, 5.74) is 5.84. The molecule has 0 aliphatic heterocycles. The third-order valence-corrected chi connectivity index (χ3v) is 4.31. The van der Waals surface area contributed by atoms with Gasteiger partial charge in [0.25, 0.3) is 0 Å². The Bertz CT molecular complexity index is 309. The number of nitrogens with one attached hydrogen (secondary N) is 4. The molecule has 6 heteroatoms. The van der Waals surface area contributed by atoms with Crippen LogP contribution in [0.3, 0.4) is 0 Å². The highest BCUT2D eigenvalue weighted by Crippen LogP contribution is 2.29. The van der Waals surface area contributed by atoms with E-state index < -0.39 is 0 Å². The molecule has 0 bridgehead atoms. The van der Waals surface area contributed by atoms with Gasteiger partial charge in [-0.25, -0.2) is 0 Å². The first kappa shape index (κ1) is 16.4. The van der Waals surface area contributed by atoms with Crippen LogP contribution in [0.5, 0.6) is 0 Å². The Morgan fingerprint density at radius 3 is 2.47 bits per heavy atom. The highest BCUT2D eigenvalue weighted by molar-refractivity contribution is 7.80. The molecular formula is C13H26N4S2. The molecular weight excluding hydrogens is 276 g/mol. The number of rotatable bonds is 3. The zero-order chi connectivity index (χ0) is 14.3. The summed E-state index contributed by atoms with van der Waals surface area (Å²) in [5.74, 6) is 1.41. The van der Waals surface area contributed by atoms with Crippen molar-refractivity contribution in [3.05, 3.63) is 0 Å². The van der Waals surface area contributed by atoms with Crippen LogP contribution in [-0.4, -0.2) is 22.8 Å². The molecule has 3 atom stereocenters. The highest BCUT2D eigenvalue weighted by atomic mass is 32.1. The summed E-state index contributed by atoms with van der Waals surface area (Å²) >= 11 is 10.4. The van der Waals surface area contributed by atoms with Gasteiger partial charge < -0.3 is 10.6 Å². The largest absolute Gasteiger partial charge is 0.361 e. The summed E-state index contributed by atoms with van der Waals surface area (Å²) in [7, 11) is 0. The van der Waals surface area contributed by atoms with Crippen molar-refractivity contribution in [3.63, 3.8) is 0 Å². The SMILES string of the molecule is CCCNC(=S)NNC(=S)N[C@H]1CCC[C@H](C)[C@@H]1C. The van der Waals surface area contributed by atoms with Crippen LogP contribution in [0.25, 0.3) is 0 Å². The Labute approximate surface area is 127 Å². The predicted molar refractivity (Wildman–Crippen MR) is 88.9 cm³/mol. The number of hydrazine groups is 1. The minimum atomic E-state index is 0.461. The summed E-state index contributed by atoms with van der Waals surface area (Å²) in [6.45, 7) is 7.58. The van der Waals surface area contributed by atoms with Gasteiger partial charge in [-0.3, -0.25) is 10.9 Å². The van der Waals surface area contributed by atoms with Crippen LogP contribution in [0.15, 0.2) is 0 Å². The van der Waals surface area contributed by atoms with E-state index in [1.165, 1.54) is 19.3 Å². The van der Waals surface area contributed by atoms with Gasteiger partial charge in [0, 0.05) is 12.6 Å². The molecule has 0 amide bonds. The van der Waals surface area contributed by atoms with Crippen molar-refractivity contribution in [1.82, 2.24) is 21.5 Å². The molecule has 1 aliphatic carbocycles. The molecule has 1 fully saturated rings. The Morgan fingerprint density at radius 2 is 1.79 bits per heavy atom. The number of hydrogen-bond acceptors (Lipinski definition) is 2. The molecule has 0 heterocycles. The average Bonchev–Trinajstić information content (AvgIpc) is 2.39. The van der Waals surface area contributed by atoms with Gasteiger partial charge in [0.1, 0.15) is 0 Å². The second-order valence-electron chi connectivity index (χ2n) is 5.35. The van der Waals surface area contributed by atoms with Gasteiger partial charge in [0.05, 0.1) is 0 Å². The van der Waals surface area contributed by atoms with Crippen LogP contribution in [0.1, 0.15) is 46.5 Å². The Balaban J connectivity index is 2.25. The molecule has 110 valence electrons. The van der Waals surface area contributed by atoms with Crippen LogP contribution in [0, 0.1) is 11.8 Å². The lowest BCUT2D eigenvalue weighted by molar-refractivity contribution is 0.224. The Morgan fingerprint density at radius 1 is 1.11 bits per heavy atom. The first-order chi connectivity index (χ1) is 9.04. The topological polar surface area (TPSA) is 48.1 Å². The molecule has 0 radical (unpaired) electrons. The quantitative estimate of drug-likeness (QED) is 0.473. The zero-order valence-electron chi connectivity index (χ0n) is 12.1. The van der Waals surface area contributed by atoms with Gasteiger partial charge in [-0.2, -0.15) is 0 Å². The van der Waals surface area contributed by atoms with E-state index in [0.717, 1.165) is 18.9 Å². The highest BCUT2D eigenvalue weighted by Gasteiger charge is 2.27. The number of hydrogen-bond donors (Lipinski definition) is 4. The van der Waals surface area contributed by atoms with Gasteiger partial charge in [-0.1, -0.05) is 33.6 Å². The average molecular weight is 303 g/mol. The van der Waals surface area contributed by atoms with Crippen molar-refractivity contribution in [2.75, 3.05) is 6.54 Å². The van der Waals surface area contributed by atoms with Crippen LogP contribution in [-0.2, 0) is 0 Å². The minimum Gasteiger partial charge on any atom is -0.361 e. The van der Waals surface area contributed by atoms with Gasteiger partial charge in [-0.15, -0.1) is 0 Å². The van der Waals surface area contributed by atoms with E-state index >= 15 is 0 Å². The summed E-state index contributed by atoms with van der Waals surface area (Å²) in [6, 6.07) is 0.461. The lowest BCUT2D eigenvalue weighted by Gasteiger charge is -2.35. The van der Waals surface area contributed by atoms with Crippen LogP contribution in [0.2, 0.25) is 0 Å². The maximum Gasteiger partial charge on any atom is 0.185 e. The first-order valence-electron chi connectivity index (χ1n) is 7.15. The van der Waals surface area contributed by atoms with Gasteiger partial charge in [0.2, 0.25) is 0 Å². The summed E-state index contributed by atoms with van der Waals surface area (Å²) < 4.78 is 0. The molecule has 0 aromatic rings. The fourth-order valence-electron chi connectivity index (χ4n) is 2.39. The molecule has 19 heavy (non-hydrogen) atoms. The standard InChI is InChI=1S/C13H26N4S2/c1-4-8-14-12(18)16-17-13(19)15-11-7-5-6-9(2)10(11)3/h9-11H,4-8H2,1-3H3,(H2,14,16,18)(H2,15,17,19)/t9-,10-,11-/m0/s1. The minimum absolute atomic E-state index is 0.461. The van der Waals surface area contributed by atoms with E-state index in [2.05, 4.69) is 42.3 Å². The fourth-order valence-corrected chi connectivity index (χ4v) is 2.74.